The number of aromatic nitrogens is 2. The first-order valence-electron chi connectivity index (χ1n) is 9.80. The summed E-state index contributed by atoms with van der Waals surface area (Å²) in [6, 6.07) is 8.66. The number of aryl methyl sites for hydroxylation is 1. The quantitative estimate of drug-likeness (QED) is 0.604. The molecule has 0 saturated carbocycles. The third kappa shape index (κ3) is 4.15. The van der Waals surface area contributed by atoms with E-state index < -0.39 is 27.1 Å². The van der Waals surface area contributed by atoms with Gasteiger partial charge in [-0.05, 0) is 49.1 Å². The molecular weight excluding hydrogens is 425 g/mol. The van der Waals surface area contributed by atoms with Crippen LogP contribution in [0.25, 0.3) is 5.65 Å². The largest absolute Gasteiger partial charge is 0.501 e. The van der Waals surface area contributed by atoms with Gasteiger partial charge in [-0.1, -0.05) is 12.1 Å². The van der Waals surface area contributed by atoms with Crippen molar-refractivity contribution in [3.8, 4) is 5.75 Å². The Morgan fingerprint density at radius 2 is 1.87 bits per heavy atom. The molecule has 0 radical (unpaired) electrons. The molecule has 0 unspecified atom stereocenters. The molecule has 31 heavy (non-hydrogen) atoms. The van der Waals surface area contributed by atoms with E-state index in [1.165, 1.54) is 34.8 Å². The van der Waals surface area contributed by atoms with E-state index in [-0.39, 0.29) is 29.3 Å². The normalized spacial score (nSPS) is 15.8. The van der Waals surface area contributed by atoms with Gasteiger partial charge in [0.15, 0.2) is 11.5 Å². The SMILES string of the molecule is O=C(CCc1ccc(F)cc1)c1nc2ccc(N3CCCCS3(=O)=O)cn2c(=O)c1O. The number of anilines is 1. The molecule has 2 aromatic heterocycles. The minimum atomic E-state index is -3.47. The van der Waals surface area contributed by atoms with E-state index in [2.05, 4.69) is 4.98 Å². The molecule has 0 spiro atoms. The lowest BCUT2D eigenvalue weighted by Crippen LogP contribution is -2.38. The molecule has 1 saturated heterocycles. The summed E-state index contributed by atoms with van der Waals surface area (Å²) >= 11 is 0. The summed E-state index contributed by atoms with van der Waals surface area (Å²) in [5, 5.41) is 10.3. The Hall–Kier alpha value is -3.27. The van der Waals surface area contributed by atoms with Crippen molar-refractivity contribution < 1.29 is 22.7 Å². The smallest absolute Gasteiger partial charge is 0.300 e. The Morgan fingerprint density at radius 1 is 1.13 bits per heavy atom. The van der Waals surface area contributed by atoms with E-state index in [1.807, 2.05) is 0 Å². The lowest BCUT2D eigenvalue weighted by atomic mass is 10.1. The first-order valence-corrected chi connectivity index (χ1v) is 11.4. The summed E-state index contributed by atoms with van der Waals surface area (Å²) in [4.78, 5) is 29.4. The lowest BCUT2D eigenvalue weighted by Gasteiger charge is -2.28. The van der Waals surface area contributed by atoms with E-state index in [1.54, 1.807) is 12.1 Å². The predicted octanol–water partition coefficient (Wildman–Crippen LogP) is 2.28. The predicted molar refractivity (Wildman–Crippen MR) is 113 cm³/mol. The van der Waals surface area contributed by atoms with Crippen molar-refractivity contribution in [1.29, 1.82) is 0 Å². The highest BCUT2D eigenvalue weighted by Gasteiger charge is 2.27. The Labute approximate surface area is 177 Å². The number of pyridine rings is 1. The number of aromatic hydroxyl groups is 1. The molecule has 0 bridgehead atoms. The summed E-state index contributed by atoms with van der Waals surface area (Å²) in [5.41, 5.74) is -0.0482. The van der Waals surface area contributed by atoms with Gasteiger partial charge < -0.3 is 5.11 Å². The van der Waals surface area contributed by atoms with Gasteiger partial charge in [0.1, 0.15) is 11.5 Å². The molecule has 1 N–H and O–H groups in total. The number of sulfonamides is 1. The van der Waals surface area contributed by atoms with Crippen molar-refractivity contribution in [3.63, 3.8) is 0 Å². The van der Waals surface area contributed by atoms with Crippen molar-refractivity contribution in [2.24, 2.45) is 0 Å². The molecule has 1 aliphatic rings. The number of hydrogen-bond donors (Lipinski definition) is 1. The van der Waals surface area contributed by atoms with Crippen LogP contribution >= 0.6 is 0 Å². The Kier molecular flexibility index (Phi) is 5.48. The molecule has 1 aliphatic heterocycles. The van der Waals surface area contributed by atoms with Gasteiger partial charge in [-0.2, -0.15) is 0 Å². The summed E-state index contributed by atoms with van der Waals surface area (Å²) in [7, 11) is -3.47. The van der Waals surface area contributed by atoms with Crippen LogP contribution < -0.4 is 9.86 Å². The lowest BCUT2D eigenvalue weighted by molar-refractivity contribution is 0.0975. The van der Waals surface area contributed by atoms with Gasteiger partial charge in [-0.3, -0.25) is 18.3 Å². The van der Waals surface area contributed by atoms with E-state index >= 15 is 0 Å². The molecule has 10 heteroatoms. The molecule has 1 aromatic carbocycles. The van der Waals surface area contributed by atoms with Crippen LogP contribution in [0.1, 0.15) is 35.3 Å². The average molecular weight is 445 g/mol. The van der Waals surface area contributed by atoms with Gasteiger partial charge >= 0.3 is 5.56 Å². The zero-order chi connectivity index (χ0) is 22.2. The van der Waals surface area contributed by atoms with Gasteiger partial charge in [0.2, 0.25) is 15.8 Å². The molecule has 4 rings (SSSR count). The van der Waals surface area contributed by atoms with Gasteiger partial charge in [0.25, 0.3) is 0 Å². The maximum absolute atomic E-state index is 13.0. The van der Waals surface area contributed by atoms with Crippen LogP contribution in [0, 0.1) is 5.82 Å². The number of benzene rings is 1. The molecule has 3 heterocycles. The highest BCUT2D eigenvalue weighted by Crippen LogP contribution is 2.24. The summed E-state index contributed by atoms with van der Waals surface area (Å²) in [6.07, 6.45) is 2.87. The summed E-state index contributed by atoms with van der Waals surface area (Å²) in [5.74, 6) is -1.66. The maximum Gasteiger partial charge on any atom is 0.300 e. The first kappa shape index (κ1) is 21.0. The zero-order valence-electron chi connectivity index (χ0n) is 16.5. The van der Waals surface area contributed by atoms with E-state index in [0.717, 1.165) is 9.96 Å². The topological polar surface area (TPSA) is 109 Å². The summed E-state index contributed by atoms with van der Waals surface area (Å²) in [6.45, 7) is 0.307. The molecule has 3 aromatic rings. The number of hydrogen-bond acceptors (Lipinski definition) is 6. The van der Waals surface area contributed by atoms with E-state index in [4.69, 9.17) is 0 Å². The third-order valence-electron chi connectivity index (χ3n) is 5.24. The van der Waals surface area contributed by atoms with Crippen molar-refractivity contribution in [3.05, 3.63) is 70.0 Å². The minimum Gasteiger partial charge on any atom is -0.501 e. The van der Waals surface area contributed by atoms with Gasteiger partial charge in [-0.25, -0.2) is 17.8 Å². The number of ketones is 1. The number of fused-ring (bicyclic) bond motifs is 1. The van der Waals surface area contributed by atoms with Crippen LogP contribution in [0.3, 0.4) is 0 Å². The number of Topliss-reactive ketones (excluding diaryl/α,β-unsaturated/α-hetero) is 1. The number of carbonyl (C=O) groups excluding carboxylic acids is 1. The zero-order valence-corrected chi connectivity index (χ0v) is 17.3. The molecule has 162 valence electrons. The highest BCUT2D eigenvalue weighted by atomic mass is 32.2. The Balaban J connectivity index is 1.64. The standard InChI is InChI=1S/C21H20FN3O5S/c22-15-6-3-14(4-7-15)5-9-17(26)19-20(27)21(28)24-13-16(8-10-18(24)23-19)25-11-1-2-12-31(25,29)30/h3-4,6-8,10,13,27H,1-2,5,9,11-12H2. The number of carbonyl (C=O) groups is 1. The van der Waals surface area contributed by atoms with Crippen LogP contribution in [0.5, 0.6) is 5.75 Å². The van der Waals surface area contributed by atoms with Crippen LogP contribution in [0.2, 0.25) is 0 Å². The second kappa shape index (κ2) is 8.10. The number of rotatable bonds is 5. The monoisotopic (exact) mass is 445 g/mol. The second-order valence-corrected chi connectivity index (χ2v) is 9.39. The molecule has 1 fully saturated rings. The van der Waals surface area contributed by atoms with E-state index in [0.29, 0.717) is 31.5 Å². The van der Waals surface area contributed by atoms with Crippen LogP contribution in [-0.4, -0.2) is 41.0 Å². The van der Waals surface area contributed by atoms with Gasteiger partial charge in [0, 0.05) is 19.2 Å². The molecule has 0 amide bonds. The van der Waals surface area contributed by atoms with Crippen molar-refractivity contribution in [2.45, 2.75) is 25.7 Å². The Bertz CT molecular complexity index is 1320. The first-order chi connectivity index (χ1) is 14.8. The molecule has 0 aliphatic carbocycles. The Morgan fingerprint density at radius 3 is 2.58 bits per heavy atom. The van der Waals surface area contributed by atoms with Crippen molar-refractivity contribution in [1.82, 2.24) is 9.38 Å². The fourth-order valence-electron chi connectivity index (χ4n) is 3.57. The average Bonchev–Trinajstić information content (AvgIpc) is 2.75. The van der Waals surface area contributed by atoms with Gasteiger partial charge in [-0.15, -0.1) is 0 Å². The maximum atomic E-state index is 13.0. The second-order valence-electron chi connectivity index (χ2n) is 7.37. The number of halogens is 1. The highest BCUT2D eigenvalue weighted by molar-refractivity contribution is 7.92. The fourth-order valence-corrected chi connectivity index (χ4v) is 5.19. The van der Waals surface area contributed by atoms with Crippen LogP contribution in [-0.2, 0) is 16.4 Å². The van der Waals surface area contributed by atoms with Gasteiger partial charge in [0.05, 0.1) is 11.4 Å². The minimum absolute atomic E-state index is 0.0219. The van der Waals surface area contributed by atoms with Crippen molar-refractivity contribution >= 4 is 27.1 Å². The third-order valence-corrected chi connectivity index (χ3v) is 7.11. The van der Waals surface area contributed by atoms with Crippen LogP contribution in [0.15, 0.2) is 47.4 Å². The number of nitrogens with zero attached hydrogens (tertiary/aromatic N) is 3. The van der Waals surface area contributed by atoms with E-state index in [9.17, 15) is 27.5 Å². The fraction of sp³-hybridized carbons (Fsp3) is 0.286. The van der Waals surface area contributed by atoms with Crippen LogP contribution in [0.4, 0.5) is 10.1 Å². The molecule has 8 nitrogen and oxygen atoms in total. The molecular formula is C21H20FN3O5S. The van der Waals surface area contributed by atoms with Crippen molar-refractivity contribution in [2.75, 3.05) is 16.6 Å². The summed E-state index contributed by atoms with van der Waals surface area (Å²) < 4.78 is 39.9. The molecule has 0 atom stereocenters.